The predicted octanol–water partition coefficient (Wildman–Crippen LogP) is -0.967. The van der Waals surface area contributed by atoms with Crippen molar-refractivity contribution in [2.75, 3.05) is 26.2 Å². The summed E-state index contributed by atoms with van der Waals surface area (Å²) in [6.45, 7) is 2.02. The van der Waals surface area contributed by atoms with Crippen molar-refractivity contribution in [3.8, 4) is 6.07 Å². The van der Waals surface area contributed by atoms with Gasteiger partial charge in [-0.3, -0.25) is 14.5 Å². The van der Waals surface area contributed by atoms with Crippen LogP contribution in [0.3, 0.4) is 0 Å². The molecule has 2 N–H and O–H groups in total. The molecule has 0 heterocycles. The summed E-state index contributed by atoms with van der Waals surface area (Å²) < 4.78 is 0. The van der Waals surface area contributed by atoms with Crippen molar-refractivity contribution in [2.45, 2.75) is 6.92 Å². The van der Waals surface area contributed by atoms with Gasteiger partial charge in [0.25, 0.3) is 0 Å². The fourth-order valence-corrected chi connectivity index (χ4v) is 0.868. The lowest BCUT2D eigenvalue weighted by atomic mass is 10.4. The number of rotatable bonds is 6. The van der Waals surface area contributed by atoms with E-state index in [0.29, 0.717) is 6.54 Å². The highest BCUT2D eigenvalue weighted by atomic mass is 16.4. The van der Waals surface area contributed by atoms with E-state index in [0.717, 1.165) is 0 Å². The number of likely N-dealkylation sites (N-methyl/N-ethyl adjacent to an activating group) is 1. The van der Waals surface area contributed by atoms with Crippen molar-refractivity contribution in [1.29, 1.82) is 5.26 Å². The predicted molar refractivity (Wildman–Crippen MR) is 48.4 cm³/mol. The second kappa shape index (κ2) is 6.86. The zero-order valence-corrected chi connectivity index (χ0v) is 7.99. The van der Waals surface area contributed by atoms with Gasteiger partial charge in [0, 0.05) is 0 Å². The van der Waals surface area contributed by atoms with Gasteiger partial charge in [0.05, 0.1) is 19.2 Å². The highest BCUT2D eigenvalue weighted by molar-refractivity contribution is 5.79. The molecular formula is C8H13N3O3. The molecule has 0 rings (SSSR count). The van der Waals surface area contributed by atoms with E-state index in [2.05, 4.69) is 5.32 Å². The van der Waals surface area contributed by atoms with Crippen LogP contribution in [0.25, 0.3) is 0 Å². The lowest BCUT2D eigenvalue weighted by Crippen LogP contribution is -2.39. The number of hydrogen-bond donors (Lipinski definition) is 2. The largest absolute Gasteiger partial charge is 0.480 e. The number of carboxylic acids is 1. The molecule has 0 saturated heterocycles. The van der Waals surface area contributed by atoms with Crippen molar-refractivity contribution in [3.63, 3.8) is 0 Å². The van der Waals surface area contributed by atoms with Crippen molar-refractivity contribution in [3.05, 3.63) is 0 Å². The second-order valence-electron chi connectivity index (χ2n) is 2.63. The maximum absolute atomic E-state index is 11.1. The number of carbonyl (C=O) groups excluding carboxylic acids is 1. The molecule has 0 aliphatic carbocycles. The summed E-state index contributed by atoms with van der Waals surface area (Å²) in [5, 5.41) is 19.0. The number of carboxylic acid groups (broad SMARTS) is 1. The zero-order chi connectivity index (χ0) is 11.0. The molecule has 0 unspecified atom stereocenters. The molecule has 6 heteroatoms. The Morgan fingerprint density at radius 1 is 1.50 bits per heavy atom. The molecule has 0 aromatic carbocycles. The molecule has 0 aliphatic rings. The van der Waals surface area contributed by atoms with Crippen LogP contribution in [0, 0.1) is 11.3 Å². The molecule has 0 atom stereocenters. The van der Waals surface area contributed by atoms with Crippen LogP contribution >= 0.6 is 0 Å². The minimum Gasteiger partial charge on any atom is -0.480 e. The maximum Gasteiger partial charge on any atom is 0.317 e. The Hall–Kier alpha value is -1.61. The summed E-state index contributed by atoms with van der Waals surface area (Å²) in [6, 6.07) is 1.76. The number of amides is 1. The topological polar surface area (TPSA) is 93.4 Å². The van der Waals surface area contributed by atoms with E-state index in [1.807, 2.05) is 0 Å². The fraction of sp³-hybridized carbons (Fsp3) is 0.625. The van der Waals surface area contributed by atoms with Crippen molar-refractivity contribution < 1.29 is 14.7 Å². The minimum absolute atomic E-state index is 0.00444. The van der Waals surface area contributed by atoms with Crippen LogP contribution in [0.2, 0.25) is 0 Å². The SMILES string of the molecule is CCN(CC(=O)O)CC(=O)NCC#N. The summed E-state index contributed by atoms with van der Waals surface area (Å²) in [6.07, 6.45) is 0. The third-order valence-corrected chi connectivity index (χ3v) is 1.54. The van der Waals surface area contributed by atoms with Gasteiger partial charge in [-0.15, -0.1) is 0 Å². The quantitative estimate of drug-likeness (QED) is 0.537. The fourth-order valence-electron chi connectivity index (χ4n) is 0.868. The summed E-state index contributed by atoms with van der Waals surface area (Å²) >= 11 is 0. The Kier molecular flexibility index (Phi) is 6.07. The van der Waals surface area contributed by atoms with Gasteiger partial charge in [0.15, 0.2) is 0 Å². The Labute approximate surface area is 82.1 Å². The molecule has 0 saturated carbocycles. The first-order valence-electron chi connectivity index (χ1n) is 4.18. The molecule has 0 radical (unpaired) electrons. The van der Waals surface area contributed by atoms with Crippen LogP contribution in [-0.2, 0) is 9.59 Å². The number of hydrogen-bond acceptors (Lipinski definition) is 4. The number of aliphatic carboxylic acids is 1. The summed E-state index contributed by atoms with van der Waals surface area (Å²) in [7, 11) is 0. The maximum atomic E-state index is 11.1. The number of nitrogens with zero attached hydrogens (tertiary/aromatic N) is 2. The van der Waals surface area contributed by atoms with E-state index in [-0.39, 0.29) is 25.5 Å². The summed E-state index contributed by atoms with van der Waals surface area (Å²) in [4.78, 5) is 22.9. The van der Waals surface area contributed by atoms with E-state index in [1.165, 1.54) is 4.90 Å². The van der Waals surface area contributed by atoms with Crippen LogP contribution in [0.5, 0.6) is 0 Å². The number of nitrogens with one attached hydrogen (secondary N) is 1. The first kappa shape index (κ1) is 12.4. The Bertz CT molecular complexity index is 247. The molecule has 0 bridgehead atoms. The lowest BCUT2D eigenvalue weighted by molar-refractivity contribution is -0.138. The van der Waals surface area contributed by atoms with E-state index in [9.17, 15) is 9.59 Å². The van der Waals surface area contributed by atoms with Gasteiger partial charge < -0.3 is 10.4 Å². The van der Waals surface area contributed by atoms with Crippen LogP contribution in [0.4, 0.5) is 0 Å². The van der Waals surface area contributed by atoms with Gasteiger partial charge in [-0.05, 0) is 6.54 Å². The molecule has 78 valence electrons. The number of nitriles is 1. The number of carbonyl (C=O) groups is 2. The van der Waals surface area contributed by atoms with Crippen LogP contribution in [-0.4, -0.2) is 48.1 Å². The Balaban J connectivity index is 3.87. The second-order valence-corrected chi connectivity index (χ2v) is 2.63. The standard InChI is InChI=1S/C8H13N3O3/c1-2-11(6-8(13)14)5-7(12)10-4-3-9/h2,4-6H2,1H3,(H,10,12)(H,13,14). The molecule has 0 fully saturated rings. The van der Waals surface area contributed by atoms with Gasteiger partial charge in [0.2, 0.25) is 5.91 Å². The zero-order valence-electron chi connectivity index (χ0n) is 7.99. The molecule has 0 spiro atoms. The smallest absolute Gasteiger partial charge is 0.317 e. The Morgan fingerprint density at radius 3 is 2.57 bits per heavy atom. The lowest BCUT2D eigenvalue weighted by Gasteiger charge is -2.16. The van der Waals surface area contributed by atoms with Crippen LogP contribution < -0.4 is 5.32 Å². The van der Waals surface area contributed by atoms with E-state index in [4.69, 9.17) is 10.4 Å². The average Bonchev–Trinajstić information content (AvgIpc) is 2.12. The third kappa shape index (κ3) is 5.97. The van der Waals surface area contributed by atoms with Gasteiger partial charge in [-0.25, -0.2) is 0 Å². The summed E-state index contributed by atoms with van der Waals surface area (Å²) in [5.41, 5.74) is 0. The summed E-state index contributed by atoms with van der Waals surface area (Å²) in [5.74, 6) is -1.31. The van der Waals surface area contributed by atoms with Gasteiger partial charge in [-0.1, -0.05) is 6.92 Å². The molecule has 14 heavy (non-hydrogen) atoms. The van der Waals surface area contributed by atoms with Gasteiger partial charge >= 0.3 is 5.97 Å². The van der Waals surface area contributed by atoms with E-state index < -0.39 is 5.97 Å². The van der Waals surface area contributed by atoms with Crippen molar-refractivity contribution >= 4 is 11.9 Å². The van der Waals surface area contributed by atoms with Crippen molar-refractivity contribution in [1.82, 2.24) is 10.2 Å². The molecule has 6 nitrogen and oxygen atoms in total. The molecule has 0 aliphatic heterocycles. The first-order chi connectivity index (χ1) is 6.60. The monoisotopic (exact) mass is 199 g/mol. The molecule has 0 aromatic heterocycles. The van der Waals surface area contributed by atoms with Crippen molar-refractivity contribution in [2.24, 2.45) is 0 Å². The average molecular weight is 199 g/mol. The highest BCUT2D eigenvalue weighted by Crippen LogP contribution is 1.86. The molecule has 1 amide bonds. The minimum atomic E-state index is -0.972. The van der Waals surface area contributed by atoms with Crippen LogP contribution in [0.15, 0.2) is 0 Å². The third-order valence-electron chi connectivity index (χ3n) is 1.54. The van der Waals surface area contributed by atoms with Gasteiger partial charge in [0.1, 0.15) is 6.54 Å². The van der Waals surface area contributed by atoms with Crippen LogP contribution in [0.1, 0.15) is 6.92 Å². The Morgan fingerprint density at radius 2 is 2.14 bits per heavy atom. The van der Waals surface area contributed by atoms with E-state index >= 15 is 0 Å². The van der Waals surface area contributed by atoms with E-state index in [1.54, 1.807) is 13.0 Å². The first-order valence-corrected chi connectivity index (χ1v) is 4.18. The normalized spacial score (nSPS) is 9.50. The highest BCUT2D eigenvalue weighted by Gasteiger charge is 2.11. The molecular weight excluding hydrogens is 186 g/mol. The molecule has 0 aromatic rings. The van der Waals surface area contributed by atoms with Gasteiger partial charge in [-0.2, -0.15) is 5.26 Å².